The molecule has 1 unspecified atom stereocenters. The van der Waals surface area contributed by atoms with Crippen LogP contribution in [0.5, 0.6) is 0 Å². The van der Waals surface area contributed by atoms with E-state index in [9.17, 15) is 10.1 Å². The van der Waals surface area contributed by atoms with Gasteiger partial charge in [0.15, 0.2) is 17.2 Å². The summed E-state index contributed by atoms with van der Waals surface area (Å²) in [5, 5.41) is 9.75. The molecule has 1 saturated heterocycles. The molecule has 0 amide bonds. The zero-order valence-corrected chi connectivity index (χ0v) is 17.1. The van der Waals surface area contributed by atoms with Gasteiger partial charge < -0.3 is 14.4 Å². The number of aromatic nitrogens is 2. The molecule has 0 aliphatic carbocycles. The Hall–Kier alpha value is -2.69. The van der Waals surface area contributed by atoms with Gasteiger partial charge in [-0.3, -0.25) is 9.36 Å². The summed E-state index contributed by atoms with van der Waals surface area (Å²) in [5.41, 5.74) is 2.42. The van der Waals surface area contributed by atoms with Crippen molar-refractivity contribution in [1.29, 1.82) is 5.26 Å². The fourth-order valence-corrected chi connectivity index (χ4v) is 4.13. The molecule has 2 aliphatic heterocycles. The number of rotatable bonds is 3. The average Bonchev–Trinajstić information content (AvgIpc) is 2.90. The van der Waals surface area contributed by atoms with Gasteiger partial charge in [-0.05, 0) is 44.7 Å². The largest absolute Gasteiger partial charge is 0.355 e. The van der Waals surface area contributed by atoms with Crippen LogP contribution >= 0.6 is 0 Å². The third kappa shape index (κ3) is 3.91. The van der Waals surface area contributed by atoms with Crippen LogP contribution in [0, 0.1) is 18.3 Å². The summed E-state index contributed by atoms with van der Waals surface area (Å²) in [6, 6.07) is 10.5. The predicted molar refractivity (Wildman–Crippen MR) is 109 cm³/mol. The molecule has 152 valence electrons. The number of benzene rings is 1. The standard InChI is InChI=1S/C22H26N4O3/c1-15-24-20(25-10-8-16-6-4-5-7-17(16)9-11-25)19(12-23)21(27)26(15)13-18-14-28-22(2,3)29-18/h4-7,18H,8-11,13-14H2,1-3H3. The zero-order chi connectivity index (χ0) is 20.6. The fourth-order valence-electron chi connectivity index (χ4n) is 4.13. The fraction of sp³-hybridized carbons (Fsp3) is 0.500. The van der Waals surface area contributed by atoms with Crippen molar-refractivity contribution >= 4 is 5.82 Å². The smallest absolute Gasteiger partial charge is 0.273 e. The molecule has 7 nitrogen and oxygen atoms in total. The monoisotopic (exact) mass is 394 g/mol. The molecule has 0 N–H and O–H groups in total. The maximum Gasteiger partial charge on any atom is 0.273 e. The van der Waals surface area contributed by atoms with Crippen LogP contribution in [0.1, 0.15) is 36.4 Å². The molecule has 1 aromatic heterocycles. The van der Waals surface area contributed by atoms with Crippen LogP contribution in [0.25, 0.3) is 0 Å². The number of nitriles is 1. The number of ether oxygens (including phenoxy) is 2. The van der Waals surface area contributed by atoms with Crippen molar-refractivity contribution in [2.45, 2.75) is 52.0 Å². The Morgan fingerprint density at radius 1 is 1.24 bits per heavy atom. The first-order valence-electron chi connectivity index (χ1n) is 10.0. The third-order valence-electron chi connectivity index (χ3n) is 5.63. The van der Waals surface area contributed by atoms with E-state index >= 15 is 0 Å². The van der Waals surface area contributed by atoms with E-state index in [4.69, 9.17) is 9.47 Å². The van der Waals surface area contributed by atoms with Crippen LogP contribution in [0.4, 0.5) is 5.82 Å². The molecule has 1 aromatic carbocycles. The topological polar surface area (TPSA) is 80.4 Å². The molecular weight excluding hydrogens is 368 g/mol. The molecule has 0 bridgehead atoms. The van der Waals surface area contributed by atoms with E-state index in [0.29, 0.717) is 24.8 Å². The van der Waals surface area contributed by atoms with Gasteiger partial charge in [0.1, 0.15) is 18.0 Å². The molecule has 0 radical (unpaired) electrons. The molecule has 1 fully saturated rings. The second-order valence-corrected chi connectivity index (χ2v) is 8.09. The van der Waals surface area contributed by atoms with Crippen molar-refractivity contribution < 1.29 is 9.47 Å². The number of hydrogen-bond donors (Lipinski definition) is 0. The van der Waals surface area contributed by atoms with E-state index < -0.39 is 5.79 Å². The van der Waals surface area contributed by atoms with Gasteiger partial charge in [0, 0.05) is 13.1 Å². The zero-order valence-electron chi connectivity index (χ0n) is 17.1. The Morgan fingerprint density at radius 2 is 1.90 bits per heavy atom. The van der Waals surface area contributed by atoms with E-state index in [0.717, 1.165) is 25.9 Å². The molecule has 3 heterocycles. The minimum Gasteiger partial charge on any atom is -0.355 e. The van der Waals surface area contributed by atoms with Crippen molar-refractivity contribution in [3.05, 3.63) is 57.1 Å². The Kier molecular flexibility index (Phi) is 5.15. The molecule has 7 heteroatoms. The first-order valence-corrected chi connectivity index (χ1v) is 10.0. The molecule has 0 saturated carbocycles. The van der Waals surface area contributed by atoms with Crippen LogP contribution in [0.2, 0.25) is 0 Å². The molecule has 2 aliphatic rings. The van der Waals surface area contributed by atoms with Crippen LogP contribution in [0.3, 0.4) is 0 Å². The maximum absolute atomic E-state index is 13.1. The van der Waals surface area contributed by atoms with E-state index in [-0.39, 0.29) is 17.2 Å². The predicted octanol–water partition coefficient (Wildman–Crippen LogP) is 2.18. The van der Waals surface area contributed by atoms with Crippen molar-refractivity contribution in [1.82, 2.24) is 9.55 Å². The molecule has 29 heavy (non-hydrogen) atoms. The van der Waals surface area contributed by atoms with Crippen molar-refractivity contribution in [3.63, 3.8) is 0 Å². The van der Waals surface area contributed by atoms with Crippen molar-refractivity contribution in [2.24, 2.45) is 0 Å². The second-order valence-electron chi connectivity index (χ2n) is 8.09. The first-order chi connectivity index (χ1) is 13.9. The first kappa shape index (κ1) is 19.6. The molecule has 4 rings (SSSR count). The third-order valence-corrected chi connectivity index (χ3v) is 5.63. The highest BCUT2D eigenvalue weighted by Crippen LogP contribution is 2.24. The Morgan fingerprint density at radius 3 is 2.45 bits per heavy atom. The van der Waals surface area contributed by atoms with Crippen LogP contribution in [-0.4, -0.2) is 41.1 Å². The summed E-state index contributed by atoms with van der Waals surface area (Å²) in [6.45, 7) is 7.70. The van der Waals surface area contributed by atoms with E-state index in [1.807, 2.05) is 13.8 Å². The highest BCUT2D eigenvalue weighted by atomic mass is 16.7. The van der Waals surface area contributed by atoms with Gasteiger partial charge in [0.25, 0.3) is 5.56 Å². The molecular formula is C22H26N4O3. The Bertz CT molecular complexity index is 995. The van der Waals surface area contributed by atoms with Gasteiger partial charge in [-0.1, -0.05) is 24.3 Å². The summed E-state index contributed by atoms with van der Waals surface area (Å²) < 4.78 is 13.0. The van der Waals surface area contributed by atoms with Gasteiger partial charge >= 0.3 is 0 Å². The van der Waals surface area contributed by atoms with Gasteiger partial charge in [-0.2, -0.15) is 5.26 Å². The molecule has 1 atom stereocenters. The minimum atomic E-state index is -0.658. The summed E-state index contributed by atoms with van der Waals surface area (Å²) in [7, 11) is 0. The number of fused-ring (bicyclic) bond motifs is 1. The van der Waals surface area contributed by atoms with Gasteiger partial charge in [0.05, 0.1) is 13.2 Å². The minimum absolute atomic E-state index is 0.0970. The summed E-state index contributed by atoms with van der Waals surface area (Å²) in [6.07, 6.45) is 1.49. The number of hydrogen-bond acceptors (Lipinski definition) is 6. The van der Waals surface area contributed by atoms with E-state index in [2.05, 4.69) is 40.2 Å². The van der Waals surface area contributed by atoms with Gasteiger partial charge in [-0.25, -0.2) is 4.98 Å². The summed E-state index contributed by atoms with van der Waals surface area (Å²) in [4.78, 5) is 19.9. The van der Waals surface area contributed by atoms with Crippen LogP contribution in [0.15, 0.2) is 29.1 Å². The van der Waals surface area contributed by atoms with Crippen molar-refractivity contribution in [3.8, 4) is 6.07 Å². The Labute approximate surface area is 170 Å². The number of aryl methyl sites for hydroxylation is 1. The number of nitrogens with zero attached hydrogens (tertiary/aromatic N) is 4. The lowest BCUT2D eigenvalue weighted by molar-refractivity contribution is -0.139. The van der Waals surface area contributed by atoms with Gasteiger partial charge in [-0.15, -0.1) is 0 Å². The lowest BCUT2D eigenvalue weighted by Crippen LogP contribution is -2.36. The lowest BCUT2D eigenvalue weighted by Gasteiger charge is -2.24. The quantitative estimate of drug-likeness (QED) is 0.794. The SMILES string of the molecule is Cc1nc(N2CCc3ccccc3CC2)c(C#N)c(=O)n1CC1COC(C)(C)O1. The van der Waals surface area contributed by atoms with Crippen LogP contribution in [-0.2, 0) is 28.9 Å². The van der Waals surface area contributed by atoms with E-state index in [1.165, 1.54) is 15.7 Å². The van der Waals surface area contributed by atoms with E-state index in [1.54, 1.807) is 6.92 Å². The van der Waals surface area contributed by atoms with Crippen molar-refractivity contribution in [2.75, 3.05) is 24.6 Å². The second kappa shape index (κ2) is 7.62. The Balaban J connectivity index is 1.62. The normalized spacial score (nSPS) is 20.8. The highest BCUT2D eigenvalue weighted by Gasteiger charge is 2.33. The molecule has 2 aromatic rings. The van der Waals surface area contributed by atoms with Crippen LogP contribution < -0.4 is 10.5 Å². The van der Waals surface area contributed by atoms with Gasteiger partial charge in [0.2, 0.25) is 0 Å². The molecule has 0 spiro atoms. The summed E-state index contributed by atoms with van der Waals surface area (Å²) >= 11 is 0. The number of anilines is 1. The maximum atomic E-state index is 13.1. The average molecular weight is 394 g/mol. The highest BCUT2D eigenvalue weighted by molar-refractivity contribution is 5.54. The summed E-state index contributed by atoms with van der Waals surface area (Å²) in [5.74, 6) is 0.413. The lowest BCUT2D eigenvalue weighted by atomic mass is 10.0.